The van der Waals surface area contributed by atoms with E-state index in [9.17, 15) is 9.18 Å². The van der Waals surface area contributed by atoms with Crippen LogP contribution in [-0.2, 0) is 9.47 Å². The zero-order valence-corrected chi connectivity index (χ0v) is 18.6. The number of alkyl carbamates (subject to hydrolysis) is 1. The predicted molar refractivity (Wildman–Crippen MR) is 112 cm³/mol. The number of nitrogens with one attached hydrogen (secondary N) is 2. The van der Waals surface area contributed by atoms with E-state index in [1.807, 2.05) is 0 Å². The maximum absolute atomic E-state index is 13.4. The molecule has 164 valence electrons. The van der Waals surface area contributed by atoms with Gasteiger partial charge in [-0.3, -0.25) is 0 Å². The van der Waals surface area contributed by atoms with Crippen molar-refractivity contribution in [1.82, 2.24) is 15.6 Å². The van der Waals surface area contributed by atoms with Crippen molar-refractivity contribution in [3.63, 3.8) is 0 Å². The van der Waals surface area contributed by atoms with Crippen molar-refractivity contribution in [3.8, 4) is 0 Å². The highest BCUT2D eigenvalue weighted by molar-refractivity contribution is 9.10. The number of aromatic nitrogens is 2. The Morgan fingerprint density at radius 3 is 2.77 bits per heavy atom. The lowest BCUT2D eigenvalue weighted by molar-refractivity contribution is 0.0474. The van der Waals surface area contributed by atoms with Gasteiger partial charge in [0.25, 0.3) is 0 Å². The first kappa shape index (κ1) is 23.5. The molecule has 12 heteroatoms. The van der Waals surface area contributed by atoms with Crippen molar-refractivity contribution in [2.75, 3.05) is 25.6 Å². The summed E-state index contributed by atoms with van der Waals surface area (Å²) in [7, 11) is 1.51. The average molecular weight is 487 g/mol. The molecular formula is C18H24BrFN6O4. The highest BCUT2D eigenvalue weighted by Crippen LogP contribution is 2.23. The molecule has 0 aliphatic heterocycles. The van der Waals surface area contributed by atoms with Crippen molar-refractivity contribution in [2.45, 2.75) is 32.4 Å². The number of anilines is 1. The summed E-state index contributed by atoms with van der Waals surface area (Å²) in [5, 5.41) is 13.2. The molecule has 0 saturated carbocycles. The third-order valence-electron chi connectivity index (χ3n) is 3.49. The van der Waals surface area contributed by atoms with Gasteiger partial charge < -0.3 is 25.8 Å². The van der Waals surface area contributed by atoms with E-state index in [4.69, 9.17) is 19.8 Å². The molecule has 1 heterocycles. The van der Waals surface area contributed by atoms with Gasteiger partial charge in [0.15, 0.2) is 11.5 Å². The smallest absolute Gasteiger partial charge is 0.408 e. The second-order valence-electron chi connectivity index (χ2n) is 7.24. The third-order valence-corrected chi connectivity index (χ3v) is 4.10. The highest BCUT2D eigenvalue weighted by Gasteiger charge is 2.21. The second kappa shape index (κ2) is 10.3. The third kappa shape index (κ3) is 7.26. The number of methoxy groups -OCH3 is 1. The maximum Gasteiger partial charge on any atom is 0.408 e. The van der Waals surface area contributed by atoms with Crippen LogP contribution in [0.3, 0.4) is 0 Å². The number of hydrogen-bond donors (Lipinski definition) is 3. The summed E-state index contributed by atoms with van der Waals surface area (Å²) in [5.74, 6) is -0.176. The molecular weight excluding hydrogens is 463 g/mol. The van der Waals surface area contributed by atoms with Gasteiger partial charge in [0, 0.05) is 13.7 Å². The average Bonchev–Trinajstić information content (AvgIpc) is 3.10. The minimum Gasteiger partial charge on any atom is -0.444 e. The number of nitrogens with two attached hydrogens (primary N) is 1. The standard InChI is InChI=1S/C18H24BrFN6O4/c1-18(2,3)29-17(27)24-11(9-28-4)8-22-16-14(25-30-26-16)15(21)23-10-5-6-13(20)12(19)7-10/h5-7,11H,8-9H2,1-4H3,(H2,21,23)(H,22,26)(H,24,27). The molecule has 0 bridgehead atoms. The van der Waals surface area contributed by atoms with Crippen LogP contribution >= 0.6 is 15.9 Å². The fraction of sp³-hybridized carbons (Fsp3) is 0.444. The van der Waals surface area contributed by atoms with Crippen LogP contribution in [0.1, 0.15) is 26.5 Å². The maximum atomic E-state index is 13.4. The number of halogens is 2. The molecule has 30 heavy (non-hydrogen) atoms. The van der Waals surface area contributed by atoms with Gasteiger partial charge in [0.2, 0.25) is 5.82 Å². The van der Waals surface area contributed by atoms with Gasteiger partial charge in [-0.05, 0) is 65.2 Å². The Kier molecular flexibility index (Phi) is 8.12. The SMILES string of the molecule is COCC(CNc1nonc1C(N)=Nc1ccc(F)c(Br)c1)NC(=O)OC(C)(C)C. The van der Waals surface area contributed by atoms with E-state index < -0.39 is 23.6 Å². The molecule has 2 rings (SSSR count). The van der Waals surface area contributed by atoms with Gasteiger partial charge in [-0.1, -0.05) is 0 Å². The van der Waals surface area contributed by atoms with Gasteiger partial charge in [0.05, 0.1) is 22.8 Å². The number of aliphatic imine (C=N–C) groups is 1. The molecule has 10 nitrogen and oxygen atoms in total. The molecule has 1 aromatic heterocycles. The van der Waals surface area contributed by atoms with E-state index in [0.29, 0.717) is 5.69 Å². The molecule has 0 aliphatic carbocycles. The molecule has 1 aromatic carbocycles. The summed E-state index contributed by atoms with van der Waals surface area (Å²) in [6.45, 7) is 5.76. The summed E-state index contributed by atoms with van der Waals surface area (Å²) in [4.78, 5) is 16.2. The van der Waals surface area contributed by atoms with E-state index in [0.717, 1.165) is 0 Å². The summed E-state index contributed by atoms with van der Waals surface area (Å²) in [6, 6.07) is 3.77. The number of amidine groups is 1. The summed E-state index contributed by atoms with van der Waals surface area (Å²) >= 11 is 3.09. The van der Waals surface area contributed by atoms with Crippen LogP contribution in [0, 0.1) is 5.82 Å². The summed E-state index contributed by atoms with van der Waals surface area (Å²) in [6.07, 6.45) is -0.576. The summed E-state index contributed by atoms with van der Waals surface area (Å²) < 4.78 is 28.8. The van der Waals surface area contributed by atoms with Crippen LogP contribution in [0.2, 0.25) is 0 Å². The Labute approximate surface area is 181 Å². The minimum absolute atomic E-state index is 0.0145. The number of nitrogens with zero attached hydrogens (tertiary/aromatic N) is 3. The highest BCUT2D eigenvalue weighted by atomic mass is 79.9. The predicted octanol–water partition coefficient (Wildman–Crippen LogP) is 2.96. The molecule has 2 aromatic rings. The number of ether oxygens (including phenoxy) is 2. The number of amides is 1. The first-order chi connectivity index (χ1) is 14.1. The first-order valence-corrected chi connectivity index (χ1v) is 9.73. The van der Waals surface area contributed by atoms with Crippen LogP contribution in [0.25, 0.3) is 0 Å². The fourth-order valence-corrected chi connectivity index (χ4v) is 2.63. The van der Waals surface area contributed by atoms with Crippen LogP contribution in [0.5, 0.6) is 0 Å². The normalized spacial score (nSPS) is 13.1. The topological polar surface area (TPSA) is 137 Å². The molecule has 1 unspecified atom stereocenters. The lowest BCUT2D eigenvalue weighted by atomic mass is 10.2. The van der Waals surface area contributed by atoms with Crippen molar-refractivity contribution in [2.24, 2.45) is 10.7 Å². The quantitative estimate of drug-likeness (QED) is 0.382. The Bertz CT molecular complexity index is 899. The van der Waals surface area contributed by atoms with Crippen LogP contribution in [0.4, 0.5) is 20.7 Å². The molecule has 0 fully saturated rings. The van der Waals surface area contributed by atoms with E-state index in [-0.39, 0.29) is 35.0 Å². The largest absolute Gasteiger partial charge is 0.444 e. The Morgan fingerprint density at radius 2 is 2.13 bits per heavy atom. The number of carbonyl (C=O) groups excluding carboxylic acids is 1. The van der Waals surface area contributed by atoms with Gasteiger partial charge >= 0.3 is 6.09 Å². The van der Waals surface area contributed by atoms with Crippen LogP contribution < -0.4 is 16.4 Å². The second-order valence-corrected chi connectivity index (χ2v) is 8.09. The molecule has 0 spiro atoms. The molecule has 0 radical (unpaired) electrons. The lowest BCUT2D eigenvalue weighted by Gasteiger charge is -2.23. The Morgan fingerprint density at radius 1 is 1.40 bits per heavy atom. The molecule has 0 aliphatic rings. The van der Waals surface area contributed by atoms with Crippen LogP contribution in [-0.4, -0.2) is 54.1 Å². The van der Waals surface area contributed by atoms with Crippen molar-refractivity contribution in [3.05, 3.63) is 34.2 Å². The zero-order chi connectivity index (χ0) is 22.3. The van der Waals surface area contributed by atoms with E-state index in [1.165, 1.54) is 25.3 Å². The van der Waals surface area contributed by atoms with E-state index in [2.05, 4.69) is 41.9 Å². The number of rotatable bonds is 8. The van der Waals surface area contributed by atoms with Gasteiger partial charge in [0.1, 0.15) is 11.4 Å². The first-order valence-electron chi connectivity index (χ1n) is 8.93. The minimum atomic E-state index is -0.626. The van der Waals surface area contributed by atoms with E-state index >= 15 is 0 Å². The van der Waals surface area contributed by atoms with Crippen molar-refractivity contribution >= 4 is 39.4 Å². The Hall–Kier alpha value is -2.73. The lowest BCUT2D eigenvalue weighted by Crippen LogP contribution is -2.45. The van der Waals surface area contributed by atoms with E-state index in [1.54, 1.807) is 20.8 Å². The monoisotopic (exact) mass is 486 g/mol. The molecule has 0 saturated heterocycles. The number of carbonyl (C=O) groups is 1. The van der Waals surface area contributed by atoms with Crippen molar-refractivity contribution in [1.29, 1.82) is 0 Å². The number of benzene rings is 1. The molecule has 4 N–H and O–H groups in total. The number of hydrogen-bond acceptors (Lipinski definition) is 8. The fourth-order valence-electron chi connectivity index (χ4n) is 2.27. The Balaban J connectivity index is 2.06. The molecule has 1 amide bonds. The van der Waals surface area contributed by atoms with Crippen molar-refractivity contribution < 1.29 is 23.3 Å². The van der Waals surface area contributed by atoms with Gasteiger partial charge in [-0.2, -0.15) is 0 Å². The summed E-state index contributed by atoms with van der Waals surface area (Å²) in [5.41, 5.74) is 5.96. The van der Waals surface area contributed by atoms with Gasteiger partial charge in [-0.15, -0.1) is 0 Å². The molecule has 1 atom stereocenters. The zero-order valence-electron chi connectivity index (χ0n) is 17.0. The van der Waals surface area contributed by atoms with Crippen LogP contribution in [0.15, 0.2) is 32.3 Å². The van der Waals surface area contributed by atoms with Gasteiger partial charge in [-0.25, -0.2) is 18.8 Å².